The summed E-state index contributed by atoms with van der Waals surface area (Å²) in [5, 5.41) is 4.37. The van der Waals surface area contributed by atoms with Gasteiger partial charge in [0.2, 0.25) is 0 Å². The summed E-state index contributed by atoms with van der Waals surface area (Å²) in [6.45, 7) is 0. The van der Waals surface area contributed by atoms with Crippen molar-refractivity contribution in [2.45, 2.75) is 5.16 Å². The lowest BCUT2D eigenvalue weighted by Crippen LogP contribution is -2.19. The molecule has 6 nitrogen and oxygen atoms in total. The molecule has 0 saturated heterocycles. The molecule has 0 unspecified atom stereocenters. The Morgan fingerprint density at radius 2 is 2.00 bits per heavy atom. The van der Waals surface area contributed by atoms with Gasteiger partial charge >= 0.3 is 0 Å². The second kappa shape index (κ2) is 7.22. The van der Waals surface area contributed by atoms with E-state index in [0.29, 0.717) is 10.9 Å². The smallest absolute Gasteiger partial charge is 0.250 e. The predicted molar refractivity (Wildman–Crippen MR) is 72.7 cm³/mol. The monoisotopic (exact) mass is 273 g/mol. The van der Waals surface area contributed by atoms with E-state index in [4.69, 9.17) is 0 Å². The van der Waals surface area contributed by atoms with E-state index in [1.54, 1.807) is 30.7 Å². The van der Waals surface area contributed by atoms with Gasteiger partial charge in [0.05, 0.1) is 17.7 Å². The van der Waals surface area contributed by atoms with Crippen LogP contribution in [-0.2, 0) is 4.79 Å². The molecule has 96 valence electrons. The Morgan fingerprint density at radius 3 is 2.74 bits per heavy atom. The van der Waals surface area contributed by atoms with E-state index in [0.717, 1.165) is 0 Å². The van der Waals surface area contributed by atoms with Crippen LogP contribution in [0.15, 0.2) is 53.1 Å². The van der Waals surface area contributed by atoms with Crippen molar-refractivity contribution in [3.05, 3.63) is 48.5 Å². The van der Waals surface area contributed by atoms with E-state index in [1.165, 1.54) is 18.0 Å². The third-order valence-corrected chi connectivity index (χ3v) is 2.82. The molecule has 0 bridgehead atoms. The summed E-state index contributed by atoms with van der Waals surface area (Å²) in [7, 11) is 0. The van der Waals surface area contributed by atoms with Gasteiger partial charge in [-0.2, -0.15) is 5.10 Å². The highest BCUT2D eigenvalue weighted by molar-refractivity contribution is 7.99. The minimum absolute atomic E-state index is 0.212. The third kappa shape index (κ3) is 4.84. The molecule has 0 aromatic carbocycles. The van der Waals surface area contributed by atoms with Crippen molar-refractivity contribution in [3.8, 4) is 0 Å². The number of pyridine rings is 1. The molecule has 1 N–H and O–H groups in total. The first-order chi connectivity index (χ1) is 9.34. The summed E-state index contributed by atoms with van der Waals surface area (Å²) < 4.78 is 0. The first-order valence-corrected chi connectivity index (χ1v) is 6.46. The fourth-order valence-electron chi connectivity index (χ4n) is 1.15. The Bertz CT molecular complexity index is 547. The number of carbonyl (C=O) groups excluding carboxylic acids is 1. The number of carbonyl (C=O) groups is 1. The molecule has 0 aliphatic rings. The fourth-order valence-corrected chi connectivity index (χ4v) is 1.74. The molecule has 7 heteroatoms. The number of hydrazone groups is 1. The molecule has 2 aromatic heterocycles. The summed E-state index contributed by atoms with van der Waals surface area (Å²) in [5.41, 5.74) is 3.10. The Kier molecular flexibility index (Phi) is 5.00. The van der Waals surface area contributed by atoms with Crippen LogP contribution in [0.3, 0.4) is 0 Å². The molecular weight excluding hydrogens is 262 g/mol. The van der Waals surface area contributed by atoms with Gasteiger partial charge in [-0.25, -0.2) is 15.4 Å². The number of thioether (sulfide) groups is 1. The zero-order chi connectivity index (χ0) is 13.3. The summed E-state index contributed by atoms with van der Waals surface area (Å²) in [6, 6.07) is 7.18. The van der Waals surface area contributed by atoms with Crippen LogP contribution >= 0.6 is 11.8 Å². The second-order valence-electron chi connectivity index (χ2n) is 3.37. The number of hydrogen-bond donors (Lipinski definition) is 1. The van der Waals surface area contributed by atoms with E-state index >= 15 is 0 Å². The molecule has 0 atom stereocenters. The van der Waals surface area contributed by atoms with Gasteiger partial charge in [-0.1, -0.05) is 17.8 Å². The van der Waals surface area contributed by atoms with Crippen LogP contribution in [0.25, 0.3) is 0 Å². The maximum Gasteiger partial charge on any atom is 0.250 e. The highest BCUT2D eigenvalue weighted by Crippen LogP contribution is 2.09. The molecule has 2 aromatic rings. The molecule has 1 amide bonds. The molecule has 0 fully saturated rings. The van der Waals surface area contributed by atoms with Gasteiger partial charge in [0.25, 0.3) is 5.91 Å². The average Bonchev–Trinajstić information content (AvgIpc) is 2.47. The second-order valence-corrected chi connectivity index (χ2v) is 4.31. The largest absolute Gasteiger partial charge is 0.272 e. The van der Waals surface area contributed by atoms with Gasteiger partial charge in [-0.3, -0.25) is 9.78 Å². The number of rotatable bonds is 5. The highest BCUT2D eigenvalue weighted by Gasteiger charge is 2.02. The van der Waals surface area contributed by atoms with Gasteiger partial charge < -0.3 is 0 Å². The lowest BCUT2D eigenvalue weighted by Gasteiger charge is -1.98. The van der Waals surface area contributed by atoms with Crippen molar-refractivity contribution in [2.75, 3.05) is 5.75 Å². The summed E-state index contributed by atoms with van der Waals surface area (Å²) in [5.74, 6) is -0.00605. The summed E-state index contributed by atoms with van der Waals surface area (Å²) >= 11 is 1.25. The molecule has 19 heavy (non-hydrogen) atoms. The minimum Gasteiger partial charge on any atom is -0.272 e. The highest BCUT2D eigenvalue weighted by atomic mass is 32.2. The van der Waals surface area contributed by atoms with E-state index in [1.807, 2.05) is 12.1 Å². The summed E-state index contributed by atoms with van der Waals surface area (Å²) in [6.07, 6.45) is 6.41. The van der Waals surface area contributed by atoms with Crippen LogP contribution < -0.4 is 5.43 Å². The first kappa shape index (κ1) is 13.2. The Morgan fingerprint density at radius 1 is 1.21 bits per heavy atom. The van der Waals surface area contributed by atoms with Gasteiger partial charge in [0.15, 0.2) is 5.16 Å². The minimum atomic E-state index is -0.218. The number of nitrogens with zero attached hydrogens (tertiary/aromatic N) is 4. The number of nitrogens with one attached hydrogen (secondary N) is 1. The quantitative estimate of drug-likeness (QED) is 0.382. The van der Waals surface area contributed by atoms with Crippen LogP contribution in [0.2, 0.25) is 0 Å². The summed E-state index contributed by atoms with van der Waals surface area (Å²) in [4.78, 5) is 23.5. The van der Waals surface area contributed by atoms with Gasteiger partial charge in [0, 0.05) is 18.6 Å². The molecule has 0 spiro atoms. The van der Waals surface area contributed by atoms with Crippen LogP contribution in [0.1, 0.15) is 5.69 Å². The topological polar surface area (TPSA) is 80.1 Å². The molecular formula is C12H11N5OS. The van der Waals surface area contributed by atoms with Crippen molar-refractivity contribution >= 4 is 23.9 Å². The Balaban J connectivity index is 1.75. The zero-order valence-corrected chi connectivity index (χ0v) is 10.7. The van der Waals surface area contributed by atoms with Crippen LogP contribution in [-0.4, -0.2) is 32.8 Å². The lowest BCUT2D eigenvalue weighted by molar-refractivity contribution is -0.118. The number of amides is 1. The number of aromatic nitrogens is 3. The molecule has 2 heterocycles. The Labute approximate surface area is 114 Å². The van der Waals surface area contributed by atoms with E-state index in [-0.39, 0.29) is 11.7 Å². The zero-order valence-electron chi connectivity index (χ0n) is 9.93. The molecule has 0 radical (unpaired) electrons. The van der Waals surface area contributed by atoms with Crippen LogP contribution in [0, 0.1) is 0 Å². The van der Waals surface area contributed by atoms with Gasteiger partial charge in [-0.05, 0) is 18.2 Å². The van der Waals surface area contributed by atoms with Crippen molar-refractivity contribution in [2.24, 2.45) is 5.10 Å². The van der Waals surface area contributed by atoms with E-state index in [9.17, 15) is 4.79 Å². The molecule has 0 saturated carbocycles. The molecule has 0 aliphatic heterocycles. The van der Waals surface area contributed by atoms with Crippen LogP contribution in [0.5, 0.6) is 0 Å². The fraction of sp³-hybridized carbons (Fsp3) is 0.0833. The standard InChI is InChI=1S/C12H11N5OS/c18-11(9-19-12-14-6-3-7-15-12)17-16-8-10-4-1-2-5-13-10/h1-8H,9H2,(H,17,18)/b16-8+. The number of hydrogen-bond acceptors (Lipinski definition) is 6. The molecule has 0 aliphatic carbocycles. The van der Waals surface area contributed by atoms with E-state index in [2.05, 4.69) is 25.5 Å². The molecule has 2 rings (SSSR count). The van der Waals surface area contributed by atoms with Gasteiger partial charge in [0.1, 0.15) is 0 Å². The lowest BCUT2D eigenvalue weighted by atomic mass is 10.4. The van der Waals surface area contributed by atoms with Crippen molar-refractivity contribution in [1.82, 2.24) is 20.4 Å². The first-order valence-electron chi connectivity index (χ1n) is 5.47. The van der Waals surface area contributed by atoms with Crippen molar-refractivity contribution < 1.29 is 4.79 Å². The van der Waals surface area contributed by atoms with Crippen LogP contribution in [0.4, 0.5) is 0 Å². The predicted octanol–water partition coefficient (Wildman–Crippen LogP) is 1.11. The van der Waals surface area contributed by atoms with Gasteiger partial charge in [-0.15, -0.1) is 0 Å². The Hall–Kier alpha value is -2.28. The third-order valence-electron chi connectivity index (χ3n) is 1.95. The maximum absolute atomic E-state index is 11.5. The van der Waals surface area contributed by atoms with Crippen molar-refractivity contribution in [3.63, 3.8) is 0 Å². The average molecular weight is 273 g/mol. The van der Waals surface area contributed by atoms with Crippen molar-refractivity contribution in [1.29, 1.82) is 0 Å². The SMILES string of the molecule is O=C(CSc1ncccn1)N/N=C/c1ccccn1. The normalized spacial score (nSPS) is 10.5. The maximum atomic E-state index is 11.5. The van der Waals surface area contributed by atoms with E-state index < -0.39 is 0 Å².